The summed E-state index contributed by atoms with van der Waals surface area (Å²) >= 11 is 0. The molecule has 0 aromatic rings. The highest BCUT2D eigenvalue weighted by Gasteiger charge is 2.13. The molecule has 0 fully saturated rings. The highest BCUT2D eigenvalue weighted by Crippen LogP contribution is 2.13. The number of methoxy groups -OCH3 is 1. The van der Waals surface area contributed by atoms with Crippen molar-refractivity contribution in [2.75, 3.05) is 59.9 Å². The maximum absolute atomic E-state index is 12.1. The number of hydrogen-bond acceptors (Lipinski definition) is 6. The van der Waals surface area contributed by atoms with Crippen molar-refractivity contribution in [3.05, 3.63) is 0 Å². The third-order valence-corrected chi connectivity index (χ3v) is 8.15. The van der Waals surface area contributed by atoms with Crippen LogP contribution in [0.3, 0.4) is 0 Å². The van der Waals surface area contributed by atoms with Crippen LogP contribution in [0.2, 0.25) is 0 Å². The predicted octanol–water partition coefficient (Wildman–Crippen LogP) is 10.2. The van der Waals surface area contributed by atoms with Crippen LogP contribution in [0.4, 0.5) is 4.79 Å². The lowest BCUT2D eigenvalue weighted by atomic mass is 10.1. The molecule has 44 heavy (non-hydrogen) atoms. The summed E-state index contributed by atoms with van der Waals surface area (Å²) in [6.07, 6.45) is 31.2. The average Bonchev–Trinajstić information content (AvgIpc) is 3.03. The molecule has 0 aromatic heterocycles. The number of hydrogen-bond donors (Lipinski definition) is 1. The second kappa shape index (κ2) is 38.3. The van der Waals surface area contributed by atoms with Gasteiger partial charge in [-0.05, 0) is 12.8 Å². The molecule has 0 bridgehead atoms. The van der Waals surface area contributed by atoms with Crippen LogP contribution in [-0.4, -0.2) is 72.1 Å². The molecule has 0 rings (SSSR count). The zero-order valence-electron chi connectivity index (χ0n) is 29.7. The zero-order chi connectivity index (χ0) is 32.0. The zero-order valence-corrected chi connectivity index (χ0v) is 29.7. The Labute approximate surface area is 273 Å². The molecular formula is C37H75NO6. The largest absolute Gasteiger partial charge is 0.447 e. The predicted molar refractivity (Wildman–Crippen MR) is 185 cm³/mol. The van der Waals surface area contributed by atoms with Gasteiger partial charge in [-0.3, -0.25) is 0 Å². The topological polar surface area (TPSA) is 75.3 Å². The Bertz CT molecular complexity index is 550. The van der Waals surface area contributed by atoms with Gasteiger partial charge in [0, 0.05) is 26.9 Å². The van der Waals surface area contributed by atoms with Crippen molar-refractivity contribution in [1.29, 1.82) is 0 Å². The summed E-state index contributed by atoms with van der Waals surface area (Å²) in [5, 5.41) is 2.73. The number of unbranched alkanes of at least 4 members (excludes halogenated alkanes) is 22. The van der Waals surface area contributed by atoms with Gasteiger partial charge in [0.2, 0.25) is 0 Å². The monoisotopic (exact) mass is 630 g/mol. The first kappa shape index (κ1) is 43.1. The molecule has 0 spiro atoms. The molecule has 264 valence electrons. The number of nitrogens with one attached hydrogen (secondary N) is 1. The van der Waals surface area contributed by atoms with Crippen LogP contribution >= 0.6 is 0 Å². The highest BCUT2D eigenvalue weighted by atomic mass is 16.6. The van der Waals surface area contributed by atoms with E-state index in [0.29, 0.717) is 39.6 Å². The molecule has 0 saturated heterocycles. The smallest absolute Gasteiger partial charge is 0.407 e. The lowest BCUT2D eigenvalue weighted by Crippen LogP contribution is -2.33. The van der Waals surface area contributed by atoms with E-state index >= 15 is 0 Å². The first-order chi connectivity index (χ1) is 21.7. The summed E-state index contributed by atoms with van der Waals surface area (Å²) in [6, 6.07) is 0. The molecule has 0 unspecified atom stereocenters. The van der Waals surface area contributed by atoms with Gasteiger partial charge in [-0.2, -0.15) is 0 Å². The van der Waals surface area contributed by atoms with Gasteiger partial charge in [0.05, 0.1) is 26.4 Å². The third-order valence-electron chi connectivity index (χ3n) is 8.15. The average molecular weight is 630 g/mol. The van der Waals surface area contributed by atoms with Gasteiger partial charge in [-0.25, -0.2) is 4.79 Å². The van der Waals surface area contributed by atoms with E-state index in [4.69, 9.17) is 23.7 Å². The minimum absolute atomic E-state index is 0.201. The maximum atomic E-state index is 12.1. The number of carbonyl (C=O) groups excluding carboxylic acids is 1. The minimum Gasteiger partial charge on any atom is -0.447 e. The van der Waals surface area contributed by atoms with Crippen LogP contribution in [-0.2, 0) is 23.7 Å². The number of rotatable bonds is 37. The van der Waals surface area contributed by atoms with E-state index in [0.717, 1.165) is 19.4 Å². The summed E-state index contributed by atoms with van der Waals surface area (Å²) in [7, 11) is 1.64. The molecule has 0 saturated carbocycles. The van der Waals surface area contributed by atoms with E-state index in [9.17, 15) is 4.79 Å². The van der Waals surface area contributed by atoms with E-state index in [-0.39, 0.29) is 12.7 Å². The highest BCUT2D eigenvalue weighted by molar-refractivity contribution is 5.67. The van der Waals surface area contributed by atoms with Crippen LogP contribution in [0.5, 0.6) is 0 Å². The Hall–Kier alpha value is -0.890. The lowest BCUT2D eigenvalue weighted by Gasteiger charge is -2.18. The standard InChI is InChI=1S/C37H75NO6/c1-4-6-8-10-12-14-16-18-20-22-24-26-29-42-34-36(35-44-37(39)38-28-31-41-33-32-40-3)43-30-27-25-23-21-19-17-15-13-11-9-7-5-2/h36H,4-35H2,1-3H3,(H,38,39)/t36-/m1/s1. The van der Waals surface area contributed by atoms with Crippen LogP contribution < -0.4 is 5.32 Å². The fraction of sp³-hybridized carbons (Fsp3) is 0.973. The van der Waals surface area contributed by atoms with Crippen molar-refractivity contribution >= 4 is 6.09 Å². The first-order valence-electron chi connectivity index (χ1n) is 18.9. The van der Waals surface area contributed by atoms with Crippen molar-refractivity contribution in [3.8, 4) is 0 Å². The molecule has 0 heterocycles. The van der Waals surface area contributed by atoms with Gasteiger partial charge >= 0.3 is 6.09 Å². The molecule has 0 aliphatic rings. The fourth-order valence-electron chi connectivity index (χ4n) is 5.29. The first-order valence-corrected chi connectivity index (χ1v) is 18.9. The van der Waals surface area contributed by atoms with E-state index < -0.39 is 6.09 Å². The minimum atomic E-state index is -0.444. The Kier molecular flexibility index (Phi) is 37.5. The van der Waals surface area contributed by atoms with Gasteiger partial charge < -0.3 is 29.0 Å². The Balaban J connectivity index is 3.99. The van der Waals surface area contributed by atoms with Crippen molar-refractivity contribution in [3.63, 3.8) is 0 Å². The molecule has 1 amide bonds. The molecule has 0 aromatic carbocycles. The third kappa shape index (κ3) is 35.6. The second-order valence-electron chi connectivity index (χ2n) is 12.5. The van der Waals surface area contributed by atoms with Crippen LogP contribution in [0, 0.1) is 0 Å². The number of carbonyl (C=O) groups is 1. The van der Waals surface area contributed by atoms with Crippen molar-refractivity contribution < 1.29 is 28.5 Å². The molecule has 0 aliphatic heterocycles. The molecule has 7 nitrogen and oxygen atoms in total. The normalized spacial score (nSPS) is 12.1. The van der Waals surface area contributed by atoms with E-state index in [2.05, 4.69) is 19.2 Å². The maximum Gasteiger partial charge on any atom is 0.407 e. The SMILES string of the molecule is CCCCCCCCCCCCCCOC[C@H](COC(=O)NCCOCCOC)OCCCCCCCCCCCCCC. The summed E-state index contributed by atoms with van der Waals surface area (Å²) in [5.74, 6) is 0. The van der Waals surface area contributed by atoms with Crippen molar-refractivity contribution in [2.45, 2.75) is 174 Å². The van der Waals surface area contributed by atoms with Crippen LogP contribution in [0.1, 0.15) is 168 Å². The van der Waals surface area contributed by atoms with Gasteiger partial charge in [0.15, 0.2) is 0 Å². The molecule has 0 radical (unpaired) electrons. The van der Waals surface area contributed by atoms with Crippen molar-refractivity contribution in [1.82, 2.24) is 5.32 Å². The quantitative estimate of drug-likeness (QED) is 0.0689. The molecular weight excluding hydrogens is 554 g/mol. The van der Waals surface area contributed by atoms with E-state index in [1.165, 1.54) is 141 Å². The van der Waals surface area contributed by atoms with Crippen LogP contribution in [0.25, 0.3) is 0 Å². The van der Waals surface area contributed by atoms with E-state index in [1.807, 2.05) is 0 Å². The summed E-state index contributed by atoms with van der Waals surface area (Å²) < 4.78 is 27.8. The van der Waals surface area contributed by atoms with Gasteiger partial charge in [-0.1, -0.05) is 155 Å². The van der Waals surface area contributed by atoms with Gasteiger partial charge in [0.1, 0.15) is 12.7 Å². The van der Waals surface area contributed by atoms with Crippen LogP contribution in [0.15, 0.2) is 0 Å². The molecule has 1 atom stereocenters. The number of amides is 1. The summed E-state index contributed by atoms with van der Waals surface area (Å²) in [5.41, 5.74) is 0. The number of alkyl carbamates (subject to hydrolysis) is 1. The molecule has 0 aliphatic carbocycles. The fourth-order valence-corrected chi connectivity index (χ4v) is 5.29. The second-order valence-corrected chi connectivity index (χ2v) is 12.5. The van der Waals surface area contributed by atoms with Gasteiger partial charge in [-0.15, -0.1) is 0 Å². The summed E-state index contributed by atoms with van der Waals surface area (Å²) in [4.78, 5) is 12.1. The van der Waals surface area contributed by atoms with Crippen molar-refractivity contribution in [2.24, 2.45) is 0 Å². The van der Waals surface area contributed by atoms with Gasteiger partial charge in [0.25, 0.3) is 0 Å². The molecule has 1 N–H and O–H groups in total. The Morgan fingerprint density at radius 3 is 1.43 bits per heavy atom. The van der Waals surface area contributed by atoms with E-state index in [1.54, 1.807) is 7.11 Å². The number of ether oxygens (including phenoxy) is 5. The Morgan fingerprint density at radius 2 is 0.955 bits per heavy atom. The molecule has 7 heteroatoms. The Morgan fingerprint density at radius 1 is 0.500 bits per heavy atom. The summed E-state index contributed by atoms with van der Waals surface area (Å²) in [6.45, 7) is 8.53. The lowest BCUT2D eigenvalue weighted by molar-refractivity contribution is -0.0469.